The summed E-state index contributed by atoms with van der Waals surface area (Å²) in [5.74, 6) is -1.16. The first-order valence-corrected chi connectivity index (χ1v) is 8.56. The molecule has 28 heavy (non-hydrogen) atoms. The van der Waals surface area contributed by atoms with Gasteiger partial charge in [0.15, 0.2) is 0 Å². The number of alkyl halides is 3. The predicted molar refractivity (Wildman–Crippen MR) is 88.7 cm³/mol. The topological polar surface area (TPSA) is 66.0 Å². The van der Waals surface area contributed by atoms with Crippen LogP contribution in [0, 0.1) is 12.7 Å². The summed E-state index contributed by atoms with van der Waals surface area (Å²) in [7, 11) is 1.82. The molecule has 3 aromatic rings. The van der Waals surface area contributed by atoms with Gasteiger partial charge in [0.2, 0.25) is 11.7 Å². The number of nitrogens with zero attached hydrogens (tertiary/aromatic N) is 4. The van der Waals surface area contributed by atoms with Crippen molar-refractivity contribution in [3.8, 4) is 11.4 Å². The Hall–Kier alpha value is -2.75. The van der Waals surface area contributed by atoms with Crippen LogP contribution in [-0.4, -0.2) is 26.5 Å². The van der Waals surface area contributed by atoms with Gasteiger partial charge in [-0.05, 0) is 31.5 Å². The molecule has 6 nitrogen and oxygen atoms in total. The molecular formula is C18H16F4N4O2. The van der Waals surface area contributed by atoms with Gasteiger partial charge in [-0.2, -0.15) is 23.3 Å². The maximum absolute atomic E-state index is 13.7. The summed E-state index contributed by atoms with van der Waals surface area (Å²) < 4.78 is 65.3. The van der Waals surface area contributed by atoms with Crippen molar-refractivity contribution in [3.63, 3.8) is 0 Å². The summed E-state index contributed by atoms with van der Waals surface area (Å²) in [6, 6.07) is 2.17. The Labute approximate surface area is 157 Å². The van der Waals surface area contributed by atoms with Crippen LogP contribution in [0.15, 0.2) is 28.9 Å². The van der Waals surface area contributed by atoms with Gasteiger partial charge in [0.25, 0.3) is 0 Å². The average Bonchev–Trinajstić information content (AvgIpc) is 3.34. The maximum Gasteiger partial charge on any atom is 0.416 e. The van der Waals surface area contributed by atoms with Gasteiger partial charge in [0, 0.05) is 30.5 Å². The van der Waals surface area contributed by atoms with Crippen LogP contribution in [0.5, 0.6) is 0 Å². The van der Waals surface area contributed by atoms with E-state index < -0.39 is 17.6 Å². The molecule has 148 valence electrons. The molecule has 1 aliphatic heterocycles. The number of benzene rings is 1. The van der Waals surface area contributed by atoms with Gasteiger partial charge in [0.1, 0.15) is 5.82 Å². The van der Waals surface area contributed by atoms with Gasteiger partial charge in [-0.1, -0.05) is 5.16 Å². The van der Waals surface area contributed by atoms with E-state index in [1.165, 1.54) is 0 Å². The molecule has 0 spiro atoms. The minimum Gasteiger partial charge on any atom is -0.373 e. The zero-order valence-electron chi connectivity index (χ0n) is 15.0. The second-order valence-electron chi connectivity index (χ2n) is 6.68. The molecule has 0 saturated carbocycles. The zero-order chi connectivity index (χ0) is 20.1. The lowest BCUT2D eigenvalue weighted by molar-refractivity contribution is -0.137. The highest BCUT2D eigenvalue weighted by Gasteiger charge is 2.37. The third-order valence-corrected chi connectivity index (χ3v) is 4.91. The molecule has 1 saturated heterocycles. The maximum atomic E-state index is 13.7. The smallest absolute Gasteiger partial charge is 0.373 e. The molecule has 2 atom stereocenters. The fourth-order valence-electron chi connectivity index (χ4n) is 3.33. The first kappa shape index (κ1) is 18.6. The van der Waals surface area contributed by atoms with Gasteiger partial charge < -0.3 is 9.26 Å². The monoisotopic (exact) mass is 396 g/mol. The van der Waals surface area contributed by atoms with E-state index in [2.05, 4.69) is 15.2 Å². The van der Waals surface area contributed by atoms with Crippen molar-refractivity contribution in [3.05, 3.63) is 52.9 Å². The SMILES string of the molecule is Cc1c([C@H]2OCC[C@@H]2c2nc(-c3cc(F)cc(C(F)(F)F)c3)no2)cnn1C. The fraction of sp³-hybridized carbons (Fsp3) is 0.389. The number of aryl methyl sites for hydroxylation is 1. The summed E-state index contributed by atoms with van der Waals surface area (Å²) in [6.07, 6.45) is -2.71. The van der Waals surface area contributed by atoms with Gasteiger partial charge in [0.05, 0.1) is 23.8 Å². The van der Waals surface area contributed by atoms with E-state index in [-0.39, 0.29) is 29.3 Å². The highest BCUT2D eigenvalue weighted by Crippen LogP contribution is 2.42. The summed E-state index contributed by atoms with van der Waals surface area (Å²) in [5.41, 5.74) is 0.601. The van der Waals surface area contributed by atoms with E-state index in [4.69, 9.17) is 9.26 Å². The molecule has 1 aromatic carbocycles. The van der Waals surface area contributed by atoms with Crippen LogP contribution in [0.4, 0.5) is 17.6 Å². The van der Waals surface area contributed by atoms with Gasteiger partial charge in [-0.3, -0.25) is 4.68 Å². The van der Waals surface area contributed by atoms with Crippen LogP contribution in [0.2, 0.25) is 0 Å². The quantitative estimate of drug-likeness (QED) is 0.622. The summed E-state index contributed by atoms with van der Waals surface area (Å²) in [6.45, 7) is 2.38. The van der Waals surface area contributed by atoms with Crippen molar-refractivity contribution in [2.75, 3.05) is 6.61 Å². The van der Waals surface area contributed by atoms with Crippen LogP contribution >= 0.6 is 0 Å². The molecule has 0 bridgehead atoms. The predicted octanol–water partition coefficient (Wildman–Crippen LogP) is 4.18. The number of ether oxygens (including phenoxy) is 1. The number of rotatable bonds is 3. The van der Waals surface area contributed by atoms with Crippen molar-refractivity contribution >= 4 is 0 Å². The molecular weight excluding hydrogens is 380 g/mol. The van der Waals surface area contributed by atoms with E-state index in [1.807, 2.05) is 14.0 Å². The molecule has 4 rings (SSSR count). The van der Waals surface area contributed by atoms with E-state index in [1.54, 1.807) is 10.9 Å². The van der Waals surface area contributed by atoms with E-state index >= 15 is 0 Å². The normalized spacial score (nSPS) is 20.1. The van der Waals surface area contributed by atoms with Crippen molar-refractivity contribution in [2.24, 2.45) is 7.05 Å². The minimum atomic E-state index is -4.67. The second-order valence-corrected chi connectivity index (χ2v) is 6.68. The molecule has 0 aliphatic carbocycles. The summed E-state index contributed by atoms with van der Waals surface area (Å²) >= 11 is 0. The van der Waals surface area contributed by atoms with Crippen LogP contribution in [0.3, 0.4) is 0 Å². The fourth-order valence-corrected chi connectivity index (χ4v) is 3.33. The Morgan fingerprint density at radius 3 is 2.68 bits per heavy atom. The Morgan fingerprint density at radius 1 is 1.21 bits per heavy atom. The van der Waals surface area contributed by atoms with Crippen LogP contribution in [-0.2, 0) is 18.0 Å². The minimum absolute atomic E-state index is 0.102. The van der Waals surface area contributed by atoms with Crippen LogP contribution in [0.1, 0.15) is 41.2 Å². The Morgan fingerprint density at radius 2 is 2.00 bits per heavy atom. The first-order valence-electron chi connectivity index (χ1n) is 8.56. The van der Waals surface area contributed by atoms with Gasteiger partial charge in [-0.25, -0.2) is 4.39 Å². The van der Waals surface area contributed by atoms with E-state index in [0.29, 0.717) is 19.1 Å². The average molecular weight is 396 g/mol. The number of halogens is 4. The third-order valence-electron chi connectivity index (χ3n) is 4.91. The second kappa shape index (κ2) is 6.69. The van der Waals surface area contributed by atoms with Crippen LogP contribution in [0.25, 0.3) is 11.4 Å². The highest BCUT2D eigenvalue weighted by molar-refractivity contribution is 5.56. The molecule has 0 radical (unpaired) electrons. The molecule has 1 aliphatic rings. The largest absolute Gasteiger partial charge is 0.416 e. The van der Waals surface area contributed by atoms with Crippen molar-refractivity contribution in [1.29, 1.82) is 0 Å². The van der Waals surface area contributed by atoms with Crippen molar-refractivity contribution < 1.29 is 26.8 Å². The number of hydrogen-bond acceptors (Lipinski definition) is 5. The lowest BCUT2D eigenvalue weighted by Crippen LogP contribution is -2.08. The summed E-state index contributed by atoms with van der Waals surface area (Å²) in [5, 5.41) is 7.96. The molecule has 2 aromatic heterocycles. The van der Waals surface area contributed by atoms with E-state index in [0.717, 1.165) is 23.4 Å². The number of hydrogen-bond donors (Lipinski definition) is 0. The van der Waals surface area contributed by atoms with Gasteiger partial charge in [-0.15, -0.1) is 0 Å². The lowest BCUT2D eigenvalue weighted by Gasteiger charge is -2.14. The lowest BCUT2D eigenvalue weighted by atomic mass is 9.95. The van der Waals surface area contributed by atoms with E-state index in [9.17, 15) is 17.6 Å². The molecule has 10 heteroatoms. The third kappa shape index (κ3) is 3.28. The highest BCUT2D eigenvalue weighted by atomic mass is 19.4. The summed E-state index contributed by atoms with van der Waals surface area (Å²) in [4.78, 5) is 4.22. The Balaban J connectivity index is 1.66. The first-order chi connectivity index (χ1) is 13.2. The van der Waals surface area contributed by atoms with Crippen LogP contribution < -0.4 is 0 Å². The molecule has 0 amide bonds. The molecule has 3 heterocycles. The molecule has 1 fully saturated rings. The zero-order valence-corrected chi connectivity index (χ0v) is 15.0. The Bertz CT molecular complexity index is 1010. The molecule has 0 N–H and O–H groups in total. The Kier molecular flexibility index (Phi) is 4.45. The number of aromatic nitrogens is 4. The standard InChI is InChI=1S/C18H16F4N4O2/c1-9-14(8-23-26(9)2)15-13(3-4-27-15)17-24-16(25-28-17)10-5-11(18(20,21)22)7-12(19)6-10/h5-8,13,15H,3-4H2,1-2H3/t13-,15-/m0/s1. The van der Waals surface area contributed by atoms with Crippen molar-refractivity contribution in [1.82, 2.24) is 19.9 Å². The van der Waals surface area contributed by atoms with Crippen molar-refractivity contribution in [2.45, 2.75) is 31.5 Å². The molecule has 0 unspecified atom stereocenters. The van der Waals surface area contributed by atoms with Gasteiger partial charge >= 0.3 is 6.18 Å².